The predicted octanol–water partition coefficient (Wildman–Crippen LogP) is 3.58. The normalized spacial score (nSPS) is 18.4. The molecule has 1 aromatic carbocycles. The quantitative estimate of drug-likeness (QED) is 0.700. The molecule has 2 fully saturated rings. The number of fused-ring (bicyclic) bond motifs is 1. The van der Waals surface area contributed by atoms with Gasteiger partial charge in [-0.3, -0.25) is 0 Å². The number of likely N-dealkylation sites (tertiary alicyclic amines) is 1. The van der Waals surface area contributed by atoms with E-state index in [9.17, 15) is 5.26 Å². The molecule has 0 unspecified atom stereocenters. The maximum Gasteiger partial charge on any atom is 0.157 e. The van der Waals surface area contributed by atoms with Crippen LogP contribution >= 0.6 is 0 Å². The first-order valence-corrected chi connectivity index (χ1v) is 10.8. The third-order valence-corrected chi connectivity index (χ3v) is 6.93. The van der Waals surface area contributed by atoms with Crippen LogP contribution in [0.1, 0.15) is 41.8 Å². The van der Waals surface area contributed by atoms with Crippen molar-refractivity contribution >= 4 is 22.4 Å². The third-order valence-electron chi connectivity index (χ3n) is 6.93. The molecule has 3 aromatic rings. The van der Waals surface area contributed by atoms with Gasteiger partial charge >= 0.3 is 0 Å². The fraction of sp³-hybridized carbons (Fsp3) is 0.417. The van der Waals surface area contributed by atoms with Gasteiger partial charge in [-0.1, -0.05) is 12.1 Å². The molecule has 31 heavy (non-hydrogen) atoms. The third kappa shape index (κ3) is 3.10. The van der Waals surface area contributed by atoms with Gasteiger partial charge in [-0.25, -0.2) is 4.98 Å². The van der Waals surface area contributed by atoms with Crippen molar-refractivity contribution in [2.75, 3.05) is 36.9 Å². The van der Waals surface area contributed by atoms with Gasteiger partial charge < -0.3 is 15.1 Å². The summed E-state index contributed by atoms with van der Waals surface area (Å²) in [5.41, 5.74) is 3.90. The number of benzene rings is 1. The van der Waals surface area contributed by atoms with Gasteiger partial charge in [0, 0.05) is 36.6 Å². The van der Waals surface area contributed by atoms with E-state index in [4.69, 9.17) is 4.98 Å². The minimum Gasteiger partial charge on any atom is -0.362 e. The number of likely N-dealkylation sites (N-methyl/N-ethyl adjacent to an activating group) is 1. The summed E-state index contributed by atoms with van der Waals surface area (Å²) in [7, 11) is 2.17. The molecule has 1 atom stereocenters. The summed E-state index contributed by atoms with van der Waals surface area (Å²) >= 11 is 0. The number of nitrogens with zero attached hydrogens (tertiary/aromatic N) is 6. The molecule has 0 bridgehead atoms. The van der Waals surface area contributed by atoms with Crippen LogP contribution in [0.4, 0.5) is 11.6 Å². The first-order chi connectivity index (χ1) is 14.9. The van der Waals surface area contributed by atoms with Crippen LogP contribution in [0.2, 0.25) is 0 Å². The summed E-state index contributed by atoms with van der Waals surface area (Å²) in [5, 5.41) is 23.8. The van der Waals surface area contributed by atoms with Crippen molar-refractivity contribution in [1.29, 1.82) is 5.26 Å². The van der Waals surface area contributed by atoms with E-state index in [1.165, 1.54) is 6.42 Å². The van der Waals surface area contributed by atoms with Crippen molar-refractivity contribution in [2.24, 2.45) is 0 Å². The van der Waals surface area contributed by atoms with E-state index < -0.39 is 0 Å². The fourth-order valence-electron chi connectivity index (χ4n) is 5.13. The average molecular weight is 414 g/mol. The lowest BCUT2D eigenvalue weighted by Crippen LogP contribution is -2.76. The number of nitrogens with one attached hydrogen (secondary N) is 1. The Bertz CT molecular complexity index is 1210. The zero-order valence-electron chi connectivity index (χ0n) is 18.5. The van der Waals surface area contributed by atoms with Gasteiger partial charge in [0.1, 0.15) is 5.82 Å². The molecule has 2 aliphatic heterocycles. The molecule has 1 N–H and O–H groups in total. The zero-order chi connectivity index (χ0) is 21.8. The molecule has 0 amide bonds. The molecule has 7 nitrogen and oxygen atoms in total. The second-order valence-corrected chi connectivity index (χ2v) is 9.02. The van der Waals surface area contributed by atoms with Gasteiger partial charge in [-0.05, 0) is 57.5 Å². The van der Waals surface area contributed by atoms with Gasteiger partial charge in [0.05, 0.1) is 28.9 Å². The van der Waals surface area contributed by atoms with E-state index in [0.29, 0.717) is 5.56 Å². The van der Waals surface area contributed by atoms with Gasteiger partial charge in [0.15, 0.2) is 5.82 Å². The Kier molecular flexibility index (Phi) is 4.56. The summed E-state index contributed by atoms with van der Waals surface area (Å²) in [6.45, 7) is 9.28. The largest absolute Gasteiger partial charge is 0.362 e. The molecule has 0 saturated carbocycles. The molecule has 1 spiro atoms. The summed E-state index contributed by atoms with van der Waals surface area (Å²) in [6, 6.07) is 10.3. The number of anilines is 2. The molecule has 158 valence electrons. The van der Waals surface area contributed by atoms with Crippen molar-refractivity contribution in [3.8, 4) is 6.07 Å². The zero-order valence-corrected chi connectivity index (χ0v) is 18.5. The van der Waals surface area contributed by atoms with Gasteiger partial charge in [-0.15, -0.1) is 5.10 Å². The fourth-order valence-corrected chi connectivity index (χ4v) is 5.13. The van der Waals surface area contributed by atoms with Gasteiger partial charge in [0.2, 0.25) is 0 Å². The summed E-state index contributed by atoms with van der Waals surface area (Å²) in [6.07, 6.45) is 3.15. The minimum absolute atomic E-state index is 0.0132. The highest BCUT2D eigenvalue weighted by atomic mass is 15.4. The number of aryl methyl sites for hydroxylation is 1. The number of nitriles is 1. The Morgan fingerprint density at radius 3 is 2.68 bits per heavy atom. The van der Waals surface area contributed by atoms with Gasteiger partial charge in [0.25, 0.3) is 0 Å². The molecule has 4 heterocycles. The molecular weight excluding hydrogens is 386 g/mol. The molecule has 0 aliphatic carbocycles. The smallest absolute Gasteiger partial charge is 0.157 e. The Balaban J connectivity index is 1.50. The van der Waals surface area contributed by atoms with E-state index in [-0.39, 0.29) is 11.6 Å². The van der Waals surface area contributed by atoms with E-state index in [1.807, 2.05) is 32.2 Å². The lowest BCUT2D eigenvalue weighted by atomic mass is 9.78. The lowest BCUT2D eigenvalue weighted by Gasteiger charge is -2.62. The van der Waals surface area contributed by atoms with Crippen LogP contribution in [0.3, 0.4) is 0 Å². The van der Waals surface area contributed by atoms with Crippen LogP contribution in [0.5, 0.6) is 0 Å². The van der Waals surface area contributed by atoms with Crippen LogP contribution in [-0.4, -0.2) is 52.3 Å². The first kappa shape index (κ1) is 19.7. The SMILES string of the molecule is Cc1c(C#N)cccc1[C@@H](C)Nc1nnc(C)c2cnc(N3CCC34CN(C)C4)cc12. The standard InChI is InChI=1S/C24H27N7/c1-15-18(11-25)6-5-7-19(15)16(2)27-23-20-10-22(26-12-21(20)17(3)28-29-23)31-9-8-24(31)13-30(4)14-24/h5-7,10,12,16H,8-9,13-14H2,1-4H3,(H,27,29)/t16-/m1/s1. The predicted molar refractivity (Wildman–Crippen MR) is 122 cm³/mol. The highest BCUT2D eigenvalue weighted by Gasteiger charge is 2.52. The maximum absolute atomic E-state index is 9.37. The highest BCUT2D eigenvalue weighted by Crippen LogP contribution is 2.42. The molecule has 5 rings (SSSR count). The van der Waals surface area contributed by atoms with E-state index in [2.05, 4.69) is 57.5 Å². The Morgan fingerprint density at radius 1 is 1.19 bits per heavy atom. The van der Waals surface area contributed by atoms with Gasteiger partial charge in [-0.2, -0.15) is 10.4 Å². The van der Waals surface area contributed by atoms with E-state index in [0.717, 1.165) is 58.9 Å². The monoisotopic (exact) mass is 413 g/mol. The molecule has 2 aromatic heterocycles. The van der Waals surface area contributed by atoms with Crippen molar-refractivity contribution in [1.82, 2.24) is 20.1 Å². The second-order valence-electron chi connectivity index (χ2n) is 9.02. The number of pyridine rings is 1. The van der Waals surface area contributed by atoms with Crippen LogP contribution in [0.25, 0.3) is 10.8 Å². The minimum atomic E-state index is -0.0132. The van der Waals surface area contributed by atoms with Crippen molar-refractivity contribution in [3.05, 3.63) is 52.8 Å². The average Bonchev–Trinajstić information content (AvgIpc) is 2.72. The Labute approximate surface area is 182 Å². The number of hydrogen-bond donors (Lipinski definition) is 1. The van der Waals surface area contributed by atoms with Crippen LogP contribution in [0, 0.1) is 25.2 Å². The van der Waals surface area contributed by atoms with E-state index in [1.54, 1.807) is 0 Å². The van der Waals surface area contributed by atoms with Crippen LogP contribution in [0.15, 0.2) is 30.5 Å². The van der Waals surface area contributed by atoms with Crippen molar-refractivity contribution < 1.29 is 0 Å². The maximum atomic E-state index is 9.37. The Morgan fingerprint density at radius 2 is 2.00 bits per heavy atom. The molecular formula is C24H27N7. The molecule has 7 heteroatoms. The first-order valence-electron chi connectivity index (χ1n) is 10.8. The van der Waals surface area contributed by atoms with Crippen molar-refractivity contribution in [3.63, 3.8) is 0 Å². The topological polar surface area (TPSA) is 81.0 Å². The number of hydrogen-bond acceptors (Lipinski definition) is 7. The second kappa shape index (κ2) is 7.17. The molecule has 0 radical (unpaired) electrons. The van der Waals surface area contributed by atoms with E-state index >= 15 is 0 Å². The summed E-state index contributed by atoms with van der Waals surface area (Å²) in [5.74, 6) is 1.76. The Hall–Kier alpha value is -3.24. The number of rotatable bonds is 4. The van der Waals surface area contributed by atoms with Crippen LogP contribution in [-0.2, 0) is 0 Å². The number of aromatic nitrogens is 3. The highest BCUT2D eigenvalue weighted by molar-refractivity contribution is 5.94. The summed E-state index contributed by atoms with van der Waals surface area (Å²) in [4.78, 5) is 9.58. The lowest BCUT2D eigenvalue weighted by molar-refractivity contribution is 0.0462. The van der Waals surface area contributed by atoms with Crippen LogP contribution < -0.4 is 10.2 Å². The summed E-state index contributed by atoms with van der Waals surface area (Å²) < 4.78 is 0. The molecule has 2 saturated heterocycles. The van der Waals surface area contributed by atoms with Crippen molar-refractivity contribution in [2.45, 2.75) is 38.8 Å². The molecule has 2 aliphatic rings.